The van der Waals surface area contributed by atoms with Crippen LogP contribution in [0.1, 0.15) is 19.8 Å². The number of benzene rings is 2. The summed E-state index contributed by atoms with van der Waals surface area (Å²) in [6.45, 7) is 2.02. The summed E-state index contributed by atoms with van der Waals surface area (Å²) in [5.41, 5.74) is 0. The van der Waals surface area contributed by atoms with Gasteiger partial charge in [-0.3, -0.25) is 0 Å². The standard InChI is InChI=1S/2C7H7S.C6H11O2.Sn.H/c2*1-8-7-5-3-2-4-6-7;1-3-4-5-8-6(2)7;;/h2*3-6H,1H3;1,3-5H2,2H3;;. The fraction of sp³-hybridized carbons (Fsp3) is 0.350. The molecule has 0 heterocycles. The molecule has 0 fully saturated rings. The van der Waals surface area contributed by atoms with E-state index in [1.807, 2.05) is 0 Å². The summed E-state index contributed by atoms with van der Waals surface area (Å²) in [5.74, 6) is -0.180. The second kappa shape index (κ2) is 11.2. The number of esters is 1. The number of thioether (sulfide) groups is 2. The Morgan fingerprint density at radius 1 is 0.880 bits per heavy atom. The van der Waals surface area contributed by atoms with Gasteiger partial charge in [-0.05, 0) is 0 Å². The molecule has 2 aromatic rings. The molecule has 0 aromatic heterocycles. The van der Waals surface area contributed by atoms with Gasteiger partial charge in [0, 0.05) is 0 Å². The Bertz CT molecular complexity index is 609. The minimum atomic E-state index is -2.07. The van der Waals surface area contributed by atoms with E-state index in [0.717, 1.165) is 12.8 Å². The first kappa shape index (κ1) is 20.7. The van der Waals surface area contributed by atoms with Crippen LogP contribution in [-0.4, -0.2) is 44.8 Å². The molecule has 0 spiro atoms. The third-order valence-electron chi connectivity index (χ3n) is 4.23. The normalized spacial score (nSPS) is 10.9. The summed E-state index contributed by atoms with van der Waals surface area (Å²) in [6, 6.07) is 18.3. The SMILES string of the molecule is CSc1cc[c]([SnH]([CH2]CCCOC(C)=O)[c]2ccc(SC)cc2)cc1. The van der Waals surface area contributed by atoms with Crippen LogP contribution >= 0.6 is 23.5 Å². The fourth-order valence-corrected chi connectivity index (χ4v) is 12.4. The van der Waals surface area contributed by atoms with E-state index in [1.165, 1.54) is 21.2 Å². The van der Waals surface area contributed by atoms with Crippen molar-refractivity contribution in [2.45, 2.75) is 34.0 Å². The molecule has 2 rings (SSSR count). The minimum absolute atomic E-state index is 0.180. The van der Waals surface area contributed by atoms with Crippen molar-refractivity contribution in [2.75, 3.05) is 19.1 Å². The first-order valence-corrected chi connectivity index (χ1v) is 16.6. The van der Waals surface area contributed by atoms with Crippen molar-refractivity contribution in [1.82, 2.24) is 0 Å². The molecule has 0 bridgehead atoms. The summed E-state index contributed by atoms with van der Waals surface area (Å²) < 4.78 is 9.46. The number of carbonyl (C=O) groups is 1. The summed E-state index contributed by atoms with van der Waals surface area (Å²) in [6.07, 6.45) is 6.32. The summed E-state index contributed by atoms with van der Waals surface area (Å²) >= 11 is 1.51. The van der Waals surface area contributed by atoms with Crippen LogP contribution in [0.3, 0.4) is 0 Å². The Hall–Kier alpha value is -0.591. The third kappa shape index (κ3) is 6.91. The van der Waals surface area contributed by atoms with Crippen molar-refractivity contribution in [3.8, 4) is 0 Å². The Morgan fingerprint density at radius 2 is 1.36 bits per heavy atom. The Morgan fingerprint density at radius 3 is 1.76 bits per heavy atom. The van der Waals surface area contributed by atoms with Crippen LogP contribution in [-0.2, 0) is 9.53 Å². The molecule has 0 radical (unpaired) electrons. The molecule has 5 heteroatoms. The van der Waals surface area contributed by atoms with E-state index in [1.54, 1.807) is 30.7 Å². The summed E-state index contributed by atoms with van der Waals surface area (Å²) in [4.78, 5) is 13.5. The van der Waals surface area contributed by atoms with Gasteiger partial charge in [0.1, 0.15) is 0 Å². The molecule has 0 atom stereocenters. The van der Waals surface area contributed by atoms with Crippen LogP contribution in [0.4, 0.5) is 0 Å². The number of hydrogen-bond acceptors (Lipinski definition) is 4. The maximum atomic E-state index is 10.9. The molecule has 0 unspecified atom stereocenters. The molecule has 0 N–H and O–H groups in total. The molecule has 0 saturated carbocycles. The average Bonchev–Trinajstić information content (AvgIpc) is 2.65. The van der Waals surface area contributed by atoms with Crippen molar-refractivity contribution < 1.29 is 9.53 Å². The van der Waals surface area contributed by atoms with Gasteiger partial charge in [-0.2, -0.15) is 0 Å². The van der Waals surface area contributed by atoms with E-state index < -0.39 is 19.8 Å². The zero-order valence-corrected chi connectivity index (χ0v) is 20.1. The number of unbranched alkanes of at least 4 members (excludes halogenated alkanes) is 1. The number of carbonyl (C=O) groups excluding carboxylic acids is 1. The van der Waals surface area contributed by atoms with Crippen LogP contribution in [0.2, 0.25) is 4.44 Å². The van der Waals surface area contributed by atoms with E-state index >= 15 is 0 Å². The van der Waals surface area contributed by atoms with E-state index in [4.69, 9.17) is 4.74 Å². The summed E-state index contributed by atoms with van der Waals surface area (Å²) in [5, 5.41) is 0. The average molecular weight is 481 g/mol. The van der Waals surface area contributed by atoms with Gasteiger partial charge in [0.25, 0.3) is 0 Å². The van der Waals surface area contributed by atoms with Gasteiger partial charge in [0.05, 0.1) is 0 Å². The van der Waals surface area contributed by atoms with Gasteiger partial charge in [-0.25, -0.2) is 0 Å². The fourth-order valence-electron chi connectivity index (χ4n) is 2.86. The van der Waals surface area contributed by atoms with Gasteiger partial charge in [0.2, 0.25) is 0 Å². The molecule has 0 aliphatic carbocycles. The Balaban J connectivity index is 2.10. The van der Waals surface area contributed by atoms with Gasteiger partial charge in [0.15, 0.2) is 0 Å². The summed E-state index contributed by atoms with van der Waals surface area (Å²) in [7, 11) is 0. The van der Waals surface area contributed by atoms with E-state index in [2.05, 4.69) is 61.0 Å². The predicted octanol–water partition coefficient (Wildman–Crippen LogP) is 3.82. The molecule has 134 valence electrons. The zero-order valence-electron chi connectivity index (χ0n) is 15.2. The zero-order chi connectivity index (χ0) is 18.1. The number of rotatable bonds is 9. The quantitative estimate of drug-likeness (QED) is 0.236. The van der Waals surface area contributed by atoms with E-state index in [9.17, 15) is 4.79 Å². The predicted molar refractivity (Wildman–Crippen MR) is 114 cm³/mol. The molecule has 2 nitrogen and oxygen atoms in total. The van der Waals surface area contributed by atoms with Gasteiger partial charge in [-0.1, -0.05) is 0 Å². The first-order chi connectivity index (χ1) is 12.1. The van der Waals surface area contributed by atoms with Crippen LogP contribution in [0.25, 0.3) is 0 Å². The van der Waals surface area contributed by atoms with Crippen LogP contribution in [0, 0.1) is 0 Å². The molecular formula is C20H26O2S2Sn. The van der Waals surface area contributed by atoms with E-state index in [-0.39, 0.29) is 5.97 Å². The Labute approximate surface area is 166 Å². The van der Waals surface area contributed by atoms with Crippen LogP contribution in [0.5, 0.6) is 0 Å². The second-order valence-corrected chi connectivity index (χ2v) is 16.3. The van der Waals surface area contributed by atoms with Crippen molar-refractivity contribution in [3.05, 3.63) is 48.5 Å². The number of ether oxygens (including phenoxy) is 1. The van der Waals surface area contributed by atoms with Gasteiger partial charge < -0.3 is 0 Å². The molecule has 2 aromatic carbocycles. The molecular weight excluding hydrogens is 455 g/mol. The number of hydrogen-bond donors (Lipinski definition) is 0. The van der Waals surface area contributed by atoms with E-state index in [0.29, 0.717) is 6.61 Å². The topological polar surface area (TPSA) is 26.3 Å². The second-order valence-electron chi connectivity index (χ2n) is 5.93. The van der Waals surface area contributed by atoms with Crippen LogP contribution in [0.15, 0.2) is 58.3 Å². The van der Waals surface area contributed by atoms with Crippen molar-refractivity contribution >= 4 is 56.4 Å². The molecule has 0 saturated heterocycles. The third-order valence-corrected chi connectivity index (χ3v) is 15.3. The van der Waals surface area contributed by atoms with Crippen molar-refractivity contribution in [2.24, 2.45) is 0 Å². The van der Waals surface area contributed by atoms with Crippen molar-refractivity contribution in [1.29, 1.82) is 0 Å². The molecule has 0 aliphatic heterocycles. The van der Waals surface area contributed by atoms with Gasteiger partial charge >= 0.3 is 168 Å². The van der Waals surface area contributed by atoms with Crippen molar-refractivity contribution in [3.63, 3.8) is 0 Å². The molecule has 0 aliphatic rings. The van der Waals surface area contributed by atoms with Crippen LogP contribution < -0.4 is 7.16 Å². The molecule has 0 amide bonds. The monoisotopic (exact) mass is 482 g/mol. The van der Waals surface area contributed by atoms with Gasteiger partial charge in [-0.15, -0.1) is 0 Å². The maximum absolute atomic E-state index is 10.9. The Kier molecular flexibility index (Phi) is 9.27. The first-order valence-electron chi connectivity index (χ1n) is 8.55. The molecule has 25 heavy (non-hydrogen) atoms.